The Bertz CT molecular complexity index is 763. The van der Waals surface area contributed by atoms with Crippen LogP contribution in [-0.2, 0) is 30.3 Å². The molecule has 1 N–H and O–H groups in total. The SMILES string of the molecule is COC(=O)C(Cc1ccccc1)NC(=O)COC(=O)CCOc1ccccc1. The molecule has 0 fully saturated rings. The Hall–Kier alpha value is -3.35. The van der Waals surface area contributed by atoms with Crippen molar-refractivity contribution >= 4 is 17.8 Å². The molecule has 0 saturated heterocycles. The van der Waals surface area contributed by atoms with Crippen LogP contribution >= 0.6 is 0 Å². The number of carbonyl (C=O) groups excluding carboxylic acids is 3. The molecule has 28 heavy (non-hydrogen) atoms. The number of ether oxygens (including phenoxy) is 3. The highest BCUT2D eigenvalue weighted by Gasteiger charge is 2.22. The number of benzene rings is 2. The lowest BCUT2D eigenvalue weighted by Crippen LogP contribution is -2.44. The van der Waals surface area contributed by atoms with Gasteiger partial charge in [0.05, 0.1) is 20.1 Å². The summed E-state index contributed by atoms with van der Waals surface area (Å²) in [6.45, 7) is -0.338. The van der Waals surface area contributed by atoms with Gasteiger partial charge in [-0.1, -0.05) is 48.5 Å². The van der Waals surface area contributed by atoms with Crippen LogP contribution in [0.3, 0.4) is 0 Å². The second-order valence-corrected chi connectivity index (χ2v) is 5.91. The molecule has 1 atom stereocenters. The van der Waals surface area contributed by atoms with Crippen LogP contribution in [0.4, 0.5) is 0 Å². The number of para-hydroxylation sites is 1. The Morgan fingerprint density at radius 2 is 1.61 bits per heavy atom. The lowest BCUT2D eigenvalue weighted by molar-refractivity contribution is -0.150. The Labute approximate surface area is 163 Å². The molecule has 0 radical (unpaired) electrons. The summed E-state index contributed by atoms with van der Waals surface area (Å²) >= 11 is 0. The van der Waals surface area contributed by atoms with Gasteiger partial charge in [-0.25, -0.2) is 4.79 Å². The zero-order valence-corrected chi connectivity index (χ0v) is 15.6. The molecule has 7 nitrogen and oxygen atoms in total. The molecule has 0 aliphatic rings. The van der Waals surface area contributed by atoms with Gasteiger partial charge in [-0.2, -0.15) is 0 Å². The van der Waals surface area contributed by atoms with Crippen molar-refractivity contribution in [1.29, 1.82) is 0 Å². The minimum Gasteiger partial charge on any atom is -0.493 e. The topological polar surface area (TPSA) is 90.9 Å². The molecule has 0 spiro atoms. The first-order valence-corrected chi connectivity index (χ1v) is 8.83. The summed E-state index contributed by atoms with van der Waals surface area (Å²) in [5.74, 6) is -1.07. The van der Waals surface area contributed by atoms with E-state index in [2.05, 4.69) is 5.32 Å². The van der Waals surface area contributed by atoms with E-state index in [0.29, 0.717) is 5.75 Å². The van der Waals surface area contributed by atoms with Crippen LogP contribution < -0.4 is 10.1 Å². The van der Waals surface area contributed by atoms with Gasteiger partial charge in [0, 0.05) is 6.42 Å². The summed E-state index contributed by atoms with van der Waals surface area (Å²) in [6, 6.07) is 17.4. The van der Waals surface area contributed by atoms with Crippen molar-refractivity contribution in [3.05, 3.63) is 66.2 Å². The van der Waals surface area contributed by atoms with Crippen molar-refractivity contribution < 1.29 is 28.6 Å². The number of rotatable bonds is 10. The molecule has 148 valence electrons. The molecule has 0 aliphatic heterocycles. The van der Waals surface area contributed by atoms with Gasteiger partial charge >= 0.3 is 11.9 Å². The first-order chi connectivity index (χ1) is 13.6. The maximum atomic E-state index is 12.0. The minimum absolute atomic E-state index is 0.00657. The lowest BCUT2D eigenvalue weighted by atomic mass is 10.1. The molecule has 0 saturated carbocycles. The van der Waals surface area contributed by atoms with Crippen molar-refractivity contribution in [2.45, 2.75) is 18.9 Å². The van der Waals surface area contributed by atoms with E-state index in [1.807, 2.05) is 48.5 Å². The van der Waals surface area contributed by atoms with E-state index < -0.39 is 30.5 Å². The number of nitrogens with one attached hydrogen (secondary N) is 1. The quantitative estimate of drug-likeness (QED) is 0.628. The predicted octanol–water partition coefficient (Wildman–Crippen LogP) is 1.90. The molecule has 2 rings (SSSR count). The summed E-state index contributed by atoms with van der Waals surface area (Å²) in [5.41, 5.74) is 0.869. The molecule has 7 heteroatoms. The van der Waals surface area contributed by atoms with Crippen LogP contribution in [0.2, 0.25) is 0 Å². The van der Waals surface area contributed by atoms with Gasteiger partial charge in [0.2, 0.25) is 0 Å². The number of methoxy groups -OCH3 is 1. The van der Waals surface area contributed by atoms with E-state index in [9.17, 15) is 14.4 Å². The maximum Gasteiger partial charge on any atom is 0.328 e. The van der Waals surface area contributed by atoms with Gasteiger partial charge in [-0.05, 0) is 17.7 Å². The number of esters is 2. The van der Waals surface area contributed by atoms with Gasteiger partial charge in [-0.3, -0.25) is 9.59 Å². The van der Waals surface area contributed by atoms with Crippen LogP contribution in [0.25, 0.3) is 0 Å². The molecular formula is C21H23NO6. The van der Waals surface area contributed by atoms with Crippen LogP contribution in [0.1, 0.15) is 12.0 Å². The fourth-order valence-corrected chi connectivity index (χ4v) is 2.41. The first kappa shape index (κ1) is 21.0. The molecule has 2 aromatic rings. The summed E-state index contributed by atoms with van der Waals surface area (Å²) in [4.78, 5) is 35.7. The van der Waals surface area contributed by atoms with Crippen molar-refractivity contribution in [3.63, 3.8) is 0 Å². The summed E-state index contributed by atoms with van der Waals surface area (Å²) in [7, 11) is 1.25. The van der Waals surface area contributed by atoms with Gasteiger partial charge < -0.3 is 19.5 Å². The Kier molecular flexibility index (Phi) is 8.52. The van der Waals surface area contributed by atoms with Crippen molar-refractivity contribution in [1.82, 2.24) is 5.32 Å². The number of amides is 1. The lowest BCUT2D eigenvalue weighted by Gasteiger charge is -2.16. The maximum absolute atomic E-state index is 12.0. The standard InChI is InChI=1S/C21H23NO6/c1-26-21(25)18(14-16-8-4-2-5-9-16)22-19(23)15-28-20(24)12-13-27-17-10-6-3-7-11-17/h2-11,18H,12-15H2,1H3,(H,22,23). The average molecular weight is 385 g/mol. The van der Waals surface area contributed by atoms with Crippen molar-refractivity contribution in [2.75, 3.05) is 20.3 Å². The van der Waals surface area contributed by atoms with Crippen LogP contribution in [-0.4, -0.2) is 44.2 Å². The third-order valence-electron chi connectivity index (χ3n) is 3.79. The number of carbonyl (C=O) groups is 3. The predicted molar refractivity (Wildman–Crippen MR) is 102 cm³/mol. The minimum atomic E-state index is -0.861. The third kappa shape index (κ3) is 7.49. The average Bonchev–Trinajstić information content (AvgIpc) is 2.72. The molecule has 1 amide bonds. The second-order valence-electron chi connectivity index (χ2n) is 5.91. The smallest absolute Gasteiger partial charge is 0.328 e. The highest BCUT2D eigenvalue weighted by Crippen LogP contribution is 2.08. The normalized spacial score (nSPS) is 11.2. The molecule has 0 aromatic heterocycles. The molecule has 2 aromatic carbocycles. The first-order valence-electron chi connectivity index (χ1n) is 8.83. The molecule has 0 aliphatic carbocycles. The second kappa shape index (κ2) is 11.4. The summed E-state index contributed by atoms with van der Waals surface area (Å²) in [5, 5.41) is 2.53. The van der Waals surface area contributed by atoms with Gasteiger partial charge in [0.15, 0.2) is 6.61 Å². The van der Waals surface area contributed by atoms with E-state index in [-0.39, 0.29) is 19.4 Å². The Morgan fingerprint density at radius 1 is 0.964 bits per heavy atom. The summed E-state index contributed by atoms with van der Waals surface area (Å²) < 4.78 is 15.0. The molecule has 1 unspecified atom stereocenters. The fraction of sp³-hybridized carbons (Fsp3) is 0.286. The number of hydrogen-bond acceptors (Lipinski definition) is 6. The van der Waals surface area contributed by atoms with E-state index >= 15 is 0 Å². The monoisotopic (exact) mass is 385 g/mol. The van der Waals surface area contributed by atoms with E-state index in [1.165, 1.54) is 7.11 Å². The Morgan fingerprint density at radius 3 is 2.25 bits per heavy atom. The molecule has 0 bridgehead atoms. The number of hydrogen-bond donors (Lipinski definition) is 1. The van der Waals surface area contributed by atoms with Crippen LogP contribution in [0, 0.1) is 0 Å². The van der Waals surface area contributed by atoms with E-state index in [4.69, 9.17) is 14.2 Å². The zero-order chi connectivity index (χ0) is 20.2. The molecule has 0 heterocycles. The van der Waals surface area contributed by atoms with Crippen LogP contribution in [0.5, 0.6) is 5.75 Å². The zero-order valence-electron chi connectivity index (χ0n) is 15.6. The molecular weight excluding hydrogens is 362 g/mol. The van der Waals surface area contributed by atoms with E-state index in [1.54, 1.807) is 12.1 Å². The van der Waals surface area contributed by atoms with Crippen LogP contribution in [0.15, 0.2) is 60.7 Å². The highest BCUT2D eigenvalue weighted by atomic mass is 16.5. The third-order valence-corrected chi connectivity index (χ3v) is 3.79. The van der Waals surface area contributed by atoms with Gasteiger partial charge in [-0.15, -0.1) is 0 Å². The highest BCUT2D eigenvalue weighted by molar-refractivity contribution is 5.86. The fourth-order valence-electron chi connectivity index (χ4n) is 2.41. The van der Waals surface area contributed by atoms with Gasteiger partial charge in [0.25, 0.3) is 5.91 Å². The summed E-state index contributed by atoms with van der Waals surface area (Å²) in [6.07, 6.45) is 0.282. The van der Waals surface area contributed by atoms with Crippen molar-refractivity contribution in [3.8, 4) is 5.75 Å². The largest absolute Gasteiger partial charge is 0.493 e. The van der Waals surface area contributed by atoms with E-state index in [0.717, 1.165) is 5.56 Å². The van der Waals surface area contributed by atoms with Crippen molar-refractivity contribution in [2.24, 2.45) is 0 Å². The Balaban J connectivity index is 1.73. The van der Waals surface area contributed by atoms with Gasteiger partial charge in [0.1, 0.15) is 11.8 Å².